The van der Waals surface area contributed by atoms with Gasteiger partial charge in [-0.25, -0.2) is 4.79 Å². The Morgan fingerprint density at radius 3 is 2.76 bits per heavy atom. The Morgan fingerprint density at radius 1 is 1.28 bits per heavy atom. The molecule has 0 aliphatic carbocycles. The number of morpholine rings is 1. The van der Waals surface area contributed by atoms with Crippen LogP contribution in [0.2, 0.25) is 0 Å². The van der Waals surface area contributed by atoms with E-state index in [9.17, 15) is 9.90 Å². The predicted octanol–water partition coefficient (Wildman–Crippen LogP) is 2.68. The molecular formula is C20H30N2O3. The van der Waals surface area contributed by atoms with Crippen LogP contribution in [-0.2, 0) is 4.74 Å². The molecule has 2 aliphatic heterocycles. The predicted molar refractivity (Wildman–Crippen MR) is 98.3 cm³/mol. The summed E-state index contributed by atoms with van der Waals surface area (Å²) in [5.41, 5.74) is 1.69. The maximum Gasteiger partial charge on any atom is 0.335 e. The number of nitrogens with zero attached hydrogens (tertiary/aromatic N) is 2. The monoisotopic (exact) mass is 346 g/mol. The number of rotatable bonds is 5. The third kappa shape index (κ3) is 4.60. The third-order valence-electron chi connectivity index (χ3n) is 5.59. The van der Waals surface area contributed by atoms with Crippen molar-refractivity contribution < 1.29 is 14.6 Å². The molecule has 2 saturated heterocycles. The molecule has 0 aromatic heterocycles. The van der Waals surface area contributed by atoms with Crippen LogP contribution in [0.5, 0.6) is 0 Å². The van der Waals surface area contributed by atoms with Gasteiger partial charge in [-0.1, -0.05) is 12.1 Å². The van der Waals surface area contributed by atoms with Gasteiger partial charge >= 0.3 is 5.97 Å². The first kappa shape index (κ1) is 18.4. The zero-order valence-electron chi connectivity index (χ0n) is 15.4. The molecule has 0 amide bonds. The molecule has 1 N–H and O–H groups in total. The van der Waals surface area contributed by atoms with Crippen LogP contribution in [0.15, 0.2) is 24.3 Å². The first-order valence-corrected chi connectivity index (χ1v) is 9.34. The van der Waals surface area contributed by atoms with Crippen molar-refractivity contribution in [3.05, 3.63) is 35.4 Å². The molecule has 138 valence electrons. The fraction of sp³-hybridized carbons (Fsp3) is 0.650. The number of hydrogen-bond acceptors (Lipinski definition) is 4. The second kappa shape index (κ2) is 7.85. The van der Waals surface area contributed by atoms with E-state index in [1.165, 1.54) is 6.42 Å². The van der Waals surface area contributed by atoms with Crippen molar-refractivity contribution in [3.8, 4) is 0 Å². The molecule has 0 radical (unpaired) electrons. The average molecular weight is 346 g/mol. The summed E-state index contributed by atoms with van der Waals surface area (Å²) in [5.74, 6) is -0.420. The molecule has 2 aliphatic rings. The van der Waals surface area contributed by atoms with E-state index in [4.69, 9.17) is 4.74 Å². The zero-order valence-corrected chi connectivity index (χ0v) is 15.4. The van der Waals surface area contributed by atoms with E-state index in [2.05, 4.69) is 29.7 Å². The largest absolute Gasteiger partial charge is 0.478 e. The van der Waals surface area contributed by atoms with Crippen LogP contribution in [0.1, 0.15) is 48.5 Å². The van der Waals surface area contributed by atoms with Crippen molar-refractivity contribution in [2.24, 2.45) is 0 Å². The van der Waals surface area contributed by atoms with Gasteiger partial charge in [0.1, 0.15) is 0 Å². The molecule has 1 aromatic rings. The Hall–Kier alpha value is -1.43. The minimum atomic E-state index is -0.844. The van der Waals surface area contributed by atoms with Crippen molar-refractivity contribution in [3.63, 3.8) is 0 Å². The lowest BCUT2D eigenvalue weighted by Crippen LogP contribution is -2.56. The van der Waals surface area contributed by atoms with Crippen LogP contribution in [0.25, 0.3) is 0 Å². The molecule has 1 aromatic carbocycles. The molecule has 0 bridgehead atoms. The van der Waals surface area contributed by atoms with Gasteiger partial charge in [-0.3, -0.25) is 4.90 Å². The number of likely N-dealkylation sites (tertiary alicyclic amines) is 1. The van der Waals surface area contributed by atoms with Gasteiger partial charge in [0.25, 0.3) is 0 Å². The minimum absolute atomic E-state index is 0.134. The van der Waals surface area contributed by atoms with Gasteiger partial charge in [-0.2, -0.15) is 0 Å². The van der Waals surface area contributed by atoms with E-state index in [1.807, 2.05) is 12.1 Å². The van der Waals surface area contributed by atoms with E-state index in [-0.39, 0.29) is 5.54 Å². The summed E-state index contributed by atoms with van der Waals surface area (Å²) in [6.45, 7) is 11.5. The number of carboxylic acid groups (broad SMARTS) is 1. The molecule has 25 heavy (non-hydrogen) atoms. The molecule has 5 nitrogen and oxygen atoms in total. The summed E-state index contributed by atoms with van der Waals surface area (Å²) in [5, 5.41) is 9.23. The molecular weight excluding hydrogens is 316 g/mol. The summed E-state index contributed by atoms with van der Waals surface area (Å²) in [6.07, 6.45) is 2.30. The van der Waals surface area contributed by atoms with Crippen molar-refractivity contribution in [2.75, 3.05) is 45.9 Å². The van der Waals surface area contributed by atoms with E-state index in [1.54, 1.807) is 6.07 Å². The number of aromatic carboxylic acids is 1. The molecule has 1 unspecified atom stereocenters. The van der Waals surface area contributed by atoms with Crippen LogP contribution >= 0.6 is 0 Å². The Morgan fingerprint density at radius 2 is 2.04 bits per heavy atom. The highest BCUT2D eigenvalue weighted by Crippen LogP contribution is 2.29. The van der Waals surface area contributed by atoms with Crippen molar-refractivity contribution in [1.82, 2.24) is 9.80 Å². The Labute approximate surface area is 150 Å². The quantitative estimate of drug-likeness (QED) is 0.888. The van der Waals surface area contributed by atoms with Crippen LogP contribution in [0.4, 0.5) is 0 Å². The SMILES string of the molecule is CC(C)(CN1CCCC(c2cccc(C(=O)O)c2)C1)N1CCOCC1. The van der Waals surface area contributed by atoms with Gasteiger partial charge in [-0.05, 0) is 56.8 Å². The molecule has 2 fully saturated rings. The summed E-state index contributed by atoms with van der Waals surface area (Å²) in [7, 11) is 0. The van der Waals surface area contributed by atoms with Crippen molar-refractivity contribution >= 4 is 5.97 Å². The lowest BCUT2D eigenvalue weighted by Gasteiger charge is -2.45. The first-order chi connectivity index (χ1) is 12.0. The van der Waals surface area contributed by atoms with Crippen LogP contribution in [-0.4, -0.2) is 72.4 Å². The zero-order chi connectivity index (χ0) is 17.9. The second-order valence-corrected chi connectivity index (χ2v) is 7.92. The van der Waals surface area contributed by atoms with Crippen molar-refractivity contribution in [1.29, 1.82) is 0 Å². The Kier molecular flexibility index (Phi) is 5.77. The molecule has 2 heterocycles. The number of ether oxygens (including phenoxy) is 1. The van der Waals surface area contributed by atoms with Gasteiger partial charge in [0.05, 0.1) is 18.8 Å². The maximum atomic E-state index is 11.2. The van der Waals surface area contributed by atoms with Crippen LogP contribution in [0.3, 0.4) is 0 Å². The highest BCUT2D eigenvalue weighted by atomic mass is 16.5. The number of benzene rings is 1. The third-order valence-corrected chi connectivity index (χ3v) is 5.59. The fourth-order valence-corrected chi connectivity index (χ4v) is 4.21. The Bertz CT molecular complexity index is 596. The van der Waals surface area contributed by atoms with Crippen LogP contribution in [0, 0.1) is 0 Å². The van der Waals surface area contributed by atoms with Gasteiger partial charge in [0.2, 0.25) is 0 Å². The summed E-state index contributed by atoms with van der Waals surface area (Å²) in [6, 6.07) is 7.47. The van der Waals surface area contributed by atoms with E-state index in [0.29, 0.717) is 11.5 Å². The highest BCUT2D eigenvalue weighted by molar-refractivity contribution is 5.87. The van der Waals surface area contributed by atoms with Gasteiger partial charge < -0.3 is 14.7 Å². The summed E-state index contributed by atoms with van der Waals surface area (Å²) in [4.78, 5) is 16.3. The fourth-order valence-electron chi connectivity index (χ4n) is 4.21. The number of carboxylic acids is 1. The minimum Gasteiger partial charge on any atom is -0.478 e. The molecule has 5 heteroatoms. The van der Waals surface area contributed by atoms with Crippen LogP contribution < -0.4 is 0 Å². The van der Waals surface area contributed by atoms with E-state index >= 15 is 0 Å². The Balaban J connectivity index is 1.64. The van der Waals surface area contributed by atoms with E-state index < -0.39 is 5.97 Å². The molecule has 3 rings (SSSR count). The maximum absolute atomic E-state index is 11.2. The molecule has 0 spiro atoms. The lowest BCUT2D eigenvalue weighted by molar-refractivity contribution is -0.0241. The standard InChI is InChI=1S/C20H30N2O3/c1-20(2,22-9-11-25-12-10-22)15-21-8-4-7-18(14-21)16-5-3-6-17(13-16)19(23)24/h3,5-6,13,18H,4,7-12,14-15H2,1-2H3,(H,23,24). The second-order valence-electron chi connectivity index (χ2n) is 7.92. The average Bonchev–Trinajstić information content (AvgIpc) is 2.62. The van der Waals surface area contributed by atoms with Gasteiger partial charge in [0, 0.05) is 31.7 Å². The normalized spacial score (nSPS) is 23.5. The van der Waals surface area contributed by atoms with E-state index in [0.717, 1.165) is 57.9 Å². The van der Waals surface area contributed by atoms with Gasteiger partial charge in [0.15, 0.2) is 0 Å². The summed E-state index contributed by atoms with van der Waals surface area (Å²) < 4.78 is 5.49. The lowest BCUT2D eigenvalue weighted by atomic mass is 9.88. The molecule has 1 atom stereocenters. The smallest absolute Gasteiger partial charge is 0.335 e. The number of carbonyl (C=O) groups is 1. The topological polar surface area (TPSA) is 53.0 Å². The molecule has 0 saturated carbocycles. The number of hydrogen-bond donors (Lipinski definition) is 1. The number of piperidine rings is 1. The first-order valence-electron chi connectivity index (χ1n) is 9.34. The summed E-state index contributed by atoms with van der Waals surface area (Å²) >= 11 is 0. The highest BCUT2D eigenvalue weighted by Gasteiger charge is 2.32. The van der Waals surface area contributed by atoms with Crippen molar-refractivity contribution in [2.45, 2.75) is 38.1 Å². The van der Waals surface area contributed by atoms with Gasteiger partial charge in [-0.15, -0.1) is 0 Å².